The van der Waals surface area contributed by atoms with E-state index in [-0.39, 0.29) is 5.41 Å². The fourth-order valence-electron chi connectivity index (χ4n) is 1.24. The van der Waals surface area contributed by atoms with Crippen molar-refractivity contribution in [3.8, 4) is 0 Å². The molecular formula is C11H18N2. The Morgan fingerprint density at radius 3 is 2.38 bits per heavy atom. The van der Waals surface area contributed by atoms with Gasteiger partial charge in [-0.05, 0) is 24.0 Å². The van der Waals surface area contributed by atoms with Gasteiger partial charge < -0.3 is 0 Å². The predicted molar refractivity (Wildman–Crippen MR) is 54.6 cm³/mol. The van der Waals surface area contributed by atoms with Crippen LogP contribution in [0.25, 0.3) is 0 Å². The van der Waals surface area contributed by atoms with Crippen molar-refractivity contribution in [2.24, 2.45) is 5.41 Å². The van der Waals surface area contributed by atoms with Gasteiger partial charge in [-0.25, -0.2) is 0 Å². The zero-order chi connectivity index (χ0) is 10.1. The van der Waals surface area contributed by atoms with Crippen molar-refractivity contribution in [2.45, 2.75) is 40.5 Å². The molecule has 0 spiro atoms. The summed E-state index contributed by atoms with van der Waals surface area (Å²) in [6.45, 7) is 11.0. The van der Waals surface area contributed by atoms with Gasteiger partial charge in [0.25, 0.3) is 0 Å². The molecule has 0 aromatic carbocycles. The highest BCUT2D eigenvalue weighted by atomic mass is 15.1. The normalized spacial score (nSPS) is 14.2. The van der Waals surface area contributed by atoms with Crippen LogP contribution in [0.5, 0.6) is 0 Å². The van der Waals surface area contributed by atoms with Crippen LogP contribution in [0.3, 0.4) is 0 Å². The average Bonchev–Trinajstić information content (AvgIpc) is 2.02. The molecule has 0 saturated heterocycles. The maximum atomic E-state index is 4.19. The predicted octanol–water partition coefficient (Wildman–Crippen LogP) is 2.93. The van der Waals surface area contributed by atoms with Crippen molar-refractivity contribution in [1.29, 1.82) is 0 Å². The van der Waals surface area contributed by atoms with Crippen LogP contribution in [-0.4, -0.2) is 10.2 Å². The number of rotatable bonds is 1. The molecule has 72 valence electrons. The third-order valence-electron chi connectivity index (χ3n) is 2.67. The fraction of sp³-hybridized carbons (Fsp3) is 0.636. The summed E-state index contributed by atoms with van der Waals surface area (Å²) in [5.41, 5.74) is 2.60. The Morgan fingerprint density at radius 2 is 1.92 bits per heavy atom. The number of aryl methyl sites for hydroxylation is 1. The van der Waals surface area contributed by atoms with Gasteiger partial charge in [-0.3, -0.25) is 0 Å². The fourth-order valence-corrected chi connectivity index (χ4v) is 1.24. The van der Waals surface area contributed by atoms with Gasteiger partial charge in [0.05, 0.1) is 5.69 Å². The molecule has 0 fully saturated rings. The largest absolute Gasteiger partial charge is 0.159 e. The van der Waals surface area contributed by atoms with E-state index in [4.69, 9.17) is 0 Å². The minimum atomic E-state index is 0.251. The molecule has 0 bridgehead atoms. The van der Waals surface area contributed by atoms with E-state index in [0.29, 0.717) is 5.92 Å². The van der Waals surface area contributed by atoms with Gasteiger partial charge in [0.2, 0.25) is 0 Å². The van der Waals surface area contributed by atoms with Crippen LogP contribution < -0.4 is 0 Å². The van der Waals surface area contributed by atoms with E-state index >= 15 is 0 Å². The summed E-state index contributed by atoms with van der Waals surface area (Å²) in [5, 5.41) is 8.12. The highest BCUT2D eigenvalue weighted by Crippen LogP contribution is 2.34. The molecule has 0 N–H and O–H groups in total. The van der Waals surface area contributed by atoms with Crippen LogP contribution >= 0.6 is 0 Å². The summed E-state index contributed by atoms with van der Waals surface area (Å²) >= 11 is 0. The van der Waals surface area contributed by atoms with E-state index in [1.54, 1.807) is 6.20 Å². The topological polar surface area (TPSA) is 25.8 Å². The van der Waals surface area contributed by atoms with Crippen LogP contribution in [0, 0.1) is 12.3 Å². The van der Waals surface area contributed by atoms with Gasteiger partial charge in [-0.15, -0.1) is 0 Å². The van der Waals surface area contributed by atoms with Crippen LogP contribution in [0.1, 0.15) is 44.9 Å². The van der Waals surface area contributed by atoms with Crippen molar-refractivity contribution in [1.82, 2.24) is 10.2 Å². The van der Waals surface area contributed by atoms with E-state index in [1.165, 1.54) is 5.56 Å². The quantitative estimate of drug-likeness (QED) is 0.660. The Labute approximate surface area is 80.4 Å². The molecule has 0 aliphatic rings. The molecule has 1 aromatic heterocycles. The second-order valence-electron chi connectivity index (χ2n) is 4.69. The maximum Gasteiger partial charge on any atom is 0.0693 e. The third-order valence-corrected chi connectivity index (χ3v) is 2.67. The first-order valence-electron chi connectivity index (χ1n) is 4.71. The Balaban J connectivity index is 3.02. The molecular weight excluding hydrogens is 160 g/mol. The summed E-state index contributed by atoms with van der Waals surface area (Å²) in [6.07, 6.45) is 1.74. The molecule has 2 heteroatoms. The molecule has 0 aliphatic carbocycles. The first-order valence-corrected chi connectivity index (χ1v) is 4.71. The van der Waals surface area contributed by atoms with Crippen molar-refractivity contribution in [2.75, 3.05) is 0 Å². The van der Waals surface area contributed by atoms with Crippen molar-refractivity contribution < 1.29 is 0 Å². The van der Waals surface area contributed by atoms with Gasteiger partial charge in [0, 0.05) is 12.1 Å². The van der Waals surface area contributed by atoms with Crippen molar-refractivity contribution in [3.05, 3.63) is 23.5 Å². The maximum absolute atomic E-state index is 4.19. The van der Waals surface area contributed by atoms with E-state index < -0.39 is 0 Å². The first-order chi connectivity index (χ1) is 5.93. The highest BCUT2D eigenvalue weighted by Gasteiger charge is 2.24. The van der Waals surface area contributed by atoms with E-state index in [1.807, 2.05) is 6.07 Å². The van der Waals surface area contributed by atoms with Crippen LogP contribution in [0.15, 0.2) is 12.3 Å². The summed E-state index contributed by atoms with van der Waals surface area (Å²) in [4.78, 5) is 0. The first kappa shape index (κ1) is 10.2. The number of hydrogen-bond donors (Lipinski definition) is 0. The summed E-state index contributed by atoms with van der Waals surface area (Å²) in [5.74, 6) is 0.446. The zero-order valence-corrected chi connectivity index (χ0v) is 9.13. The number of hydrogen-bond acceptors (Lipinski definition) is 2. The molecule has 0 aliphatic heterocycles. The SMILES string of the molecule is Cc1ccnnc1C(C)C(C)(C)C. The summed E-state index contributed by atoms with van der Waals surface area (Å²) < 4.78 is 0. The monoisotopic (exact) mass is 178 g/mol. The molecule has 1 unspecified atom stereocenters. The lowest BCUT2D eigenvalue weighted by Gasteiger charge is -2.27. The molecule has 1 aromatic rings. The van der Waals surface area contributed by atoms with Crippen LogP contribution in [0.4, 0.5) is 0 Å². The van der Waals surface area contributed by atoms with Crippen LogP contribution in [0.2, 0.25) is 0 Å². The summed E-state index contributed by atoms with van der Waals surface area (Å²) in [6, 6.07) is 2.02. The molecule has 1 atom stereocenters. The minimum Gasteiger partial charge on any atom is -0.159 e. The van der Waals surface area contributed by atoms with Gasteiger partial charge in [-0.1, -0.05) is 27.7 Å². The van der Waals surface area contributed by atoms with Crippen molar-refractivity contribution >= 4 is 0 Å². The number of aromatic nitrogens is 2. The second-order valence-corrected chi connectivity index (χ2v) is 4.69. The molecule has 1 heterocycles. The highest BCUT2D eigenvalue weighted by molar-refractivity contribution is 5.20. The van der Waals surface area contributed by atoms with Gasteiger partial charge in [-0.2, -0.15) is 10.2 Å². The van der Waals surface area contributed by atoms with E-state index in [9.17, 15) is 0 Å². The Morgan fingerprint density at radius 1 is 1.31 bits per heavy atom. The molecule has 0 amide bonds. The molecule has 2 nitrogen and oxygen atoms in total. The zero-order valence-electron chi connectivity index (χ0n) is 9.13. The average molecular weight is 178 g/mol. The number of nitrogens with zero attached hydrogens (tertiary/aromatic N) is 2. The standard InChI is InChI=1S/C11H18N2/c1-8-6-7-12-13-10(8)9(2)11(3,4)5/h6-7,9H,1-5H3. The van der Waals surface area contributed by atoms with Gasteiger partial charge in [0.15, 0.2) is 0 Å². The lowest BCUT2D eigenvalue weighted by molar-refractivity contribution is 0.331. The Hall–Kier alpha value is -0.920. The second kappa shape index (κ2) is 3.44. The third kappa shape index (κ3) is 2.27. The smallest absolute Gasteiger partial charge is 0.0693 e. The van der Waals surface area contributed by atoms with Crippen LogP contribution in [-0.2, 0) is 0 Å². The Bertz CT molecular complexity index is 286. The lowest BCUT2D eigenvalue weighted by Crippen LogP contribution is -2.17. The van der Waals surface area contributed by atoms with Gasteiger partial charge >= 0.3 is 0 Å². The van der Waals surface area contributed by atoms with Crippen molar-refractivity contribution in [3.63, 3.8) is 0 Å². The van der Waals surface area contributed by atoms with E-state index in [0.717, 1.165) is 5.69 Å². The Kier molecular flexibility index (Phi) is 2.69. The molecule has 0 saturated carbocycles. The molecule has 0 radical (unpaired) electrons. The molecule has 1 rings (SSSR count). The lowest BCUT2D eigenvalue weighted by atomic mass is 9.79. The molecule has 13 heavy (non-hydrogen) atoms. The summed E-state index contributed by atoms with van der Waals surface area (Å²) in [7, 11) is 0. The van der Waals surface area contributed by atoms with Gasteiger partial charge in [0.1, 0.15) is 0 Å². The minimum absolute atomic E-state index is 0.251. The van der Waals surface area contributed by atoms with E-state index in [2.05, 4.69) is 44.8 Å².